The molecule has 0 bridgehead atoms. The normalized spacial score (nSPS) is 14.8. The fourth-order valence-electron chi connectivity index (χ4n) is 2.56. The summed E-state index contributed by atoms with van der Waals surface area (Å²) in [5.74, 6) is 0.757. The van der Waals surface area contributed by atoms with Gasteiger partial charge < -0.3 is 4.90 Å². The molecule has 106 valence electrons. The van der Waals surface area contributed by atoms with Gasteiger partial charge in [0.25, 0.3) is 0 Å². The van der Waals surface area contributed by atoms with Crippen LogP contribution in [0.15, 0.2) is 33.7 Å². The largest absolute Gasteiger partial charge is 0.340 e. The molecular formula is C15H14N4S2. The highest BCUT2D eigenvalue weighted by atomic mass is 32.1. The van der Waals surface area contributed by atoms with Gasteiger partial charge in [-0.2, -0.15) is 22.7 Å². The molecule has 0 aromatic carbocycles. The maximum atomic E-state index is 4.82. The van der Waals surface area contributed by atoms with E-state index in [9.17, 15) is 0 Å². The number of rotatable bonds is 3. The van der Waals surface area contributed by atoms with E-state index in [-0.39, 0.29) is 0 Å². The van der Waals surface area contributed by atoms with Crippen LogP contribution in [-0.4, -0.2) is 28.3 Å². The Morgan fingerprint density at radius 2 is 1.52 bits per heavy atom. The van der Waals surface area contributed by atoms with Gasteiger partial charge in [0.2, 0.25) is 5.95 Å². The van der Waals surface area contributed by atoms with Crippen molar-refractivity contribution < 1.29 is 0 Å². The minimum Gasteiger partial charge on any atom is -0.340 e. The van der Waals surface area contributed by atoms with Crippen LogP contribution < -0.4 is 4.90 Å². The molecule has 1 aliphatic heterocycles. The van der Waals surface area contributed by atoms with Gasteiger partial charge in [-0.3, -0.25) is 0 Å². The minimum absolute atomic E-state index is 0.757. The van der Waals surface area contributed by atoms with Crippen LogP contribution in [0.3, 0.4) is 0 Å². The van der Waals surface area contributed by atoms with Gasteiger partial charge in [0.1, 0.15) is 11.4 Å². The minimum atomic E-state index is 0.757. The summed E-state index contributed by atoms with van der Waals surface area (Å²) in [6.45, 7) is 2.06. The predicted octanol–water partition coefficient (Wildman–Crippen LogP) is 3.93. The third kappa shape index (κ3) is 2.45. The summed E-state index contributed by atoms with van der Waals surface area (Å²) in [5, 5.41) is 17.2. The molecule has 6 heteroatoms. The first-order valence-electron chi connectivity index (χ1n) is 6.96. The molecule has 4 rings (SSSR count). The smallest absolute Gasteiger partial charge is 0.245 e. The molecule has 0 spiro atoms. The van der Waals surface area contributed by atoms with E-state index in [2.05, 4.69) is 48.8 Å². The monoisotopic (exact) mass is 314 g/mol. The molecule has 0 radical (unpaired) electrons. The number of anilines is 1. The Balaban J connectivity index is 1.84. The highest BCUT2D eigenvalue weighted by Gasteiger charge is 2.19. The number of aromatic nitrogens is 3. The van der Waals surface area contributed by atoms with Crippen molar-refractivity contribution in [2.75, 3.05) is 18.0 Å². The van der Waals surface area contributed by atoms with Gasteiger partial charge in [-0.25, -0.2) is 4.98 Å². The maximum Gasteiger partial charge on any atom is 0.245 e. The van der Waals surface area contributed by atoms with Crippen molar-refractivity contribution in [3.05, 3.63) is 33.7 Å². The van der Waals surface area contributed by atoms with E-state index in [4.69, 9.17) is 4.98 Å². The van der Waals surface area contributed by atoms with Gasteiger partial charge >= 0.3 is 0 Å². The summed E-state index contributed by atoms with van der Waals surface area (Å²) in [6, 6.07) is 4.17. The molecule has 0 amide bonds. The molecule has 21 heavy (non-hydrogen) atoms. The molecule has 4 heterocycles. The lowest BCUT2D eigenvalue weighted by atomic mass is 10.1. The second-order valence-electron chi connectivity index (χ2n) is 5.03. The number of hydrogen-bond acceptors (Lipinski definition) is 6. The van der Waals surface area contributed by atoms with Gasteiger partial charge in [0.05, 0.1) is 0 Å². The summed E-state index contributed by atoms with van der Waals surface area (Å²) >= 11 is 3.35. The topological polar surface area (TPSA) is 41.9 Å². The van der Waals surface area contributed by atoms with Gasteiger partial charge in [0, 0.05) is 35.0 Å². The Bertz CT molecular complexity index is 716. The van der Waals surface area contributed by atoms with E-state index in [0.717, 1.165) is 41.6 Å². The van der Waals surface area contributed by atoms with Gasteiger partial charge in [-0.05, 0) is 35.7 Å². The average molecular weight is 314 g/mol. The second-order valence-corrected chi connectivity index (χ2v) is 6.59. The number of nitrogens with zero attached hydrogens (tertiary/aromatic N) is 4. The van der Waals surface area contributed by atoms with Crippen LogP contribution in [0.4, 0.5) is 5.95 Å². The third-order valence-electron chi connectivity index (χ3n) is 3.65. The fourth-order valence-corrected chi connectivity index (χ4v) is 3.84. The summed E-state index contributed by atoms with van der Waals surface area (Å²) in [4.78, 5) is 7.04. The summed E-state index contributed by atoms with van der Waals surface area (Å²) in [6.07, 6.45) is 2.42. The lowest BCUT2D eigenvalue weighted by Crippen LogP contribution is -2.21. The highest BCUT2D eigenvalue weighted by Crippen LogP contribution is 2.32. The first-order valence-corrected chi connectivity index (χ1v) is 8.85. The lowest BCUT2D eigenvalue weighted by molar-refractivity contribution is 0.856. The van der Waals surface area contributed by atoms with Crippen LogP contribution in [0.1, 0.15) is 12.8 Å². The van der Waals surface area contributed by atoms with Crippen molar-refractivity contribution in [2.24, 2.45) is 0 Å². The third-order valence-corrected chi connectivity index (χ3v) is 5.02. The van der Waals surface area contributed by atoms with Crippen LogP contribution in [-0.2, 0) is 0 Å². The van der Waals surface area contributed by atoms with Crippen LogP contribution in [0, 0.1) is 0 Å². The SMILES string of the molecule is c1cc(-c2nnc(N3CCCC3)nc2-c2ccsc2)cs1. The first-order chi connectivity index (χ1) is 10.4. The van der Waals surface area contributed by atoms with Gasteiger partial charge in [0.15, 0.2) is 0 Å². The molecule has 3 aromatic rings. The van der Waals surface area contributed by atoms with E-state index in [1.807, 2.05) is 0 Å². The molecule has 0 aliphatic carbocycles. The van der Waals surface area contributed by atoms with Crippen LogP contribution >= 0.6 is 22.7 Å². The first kappa shape index (κ1) is 12.9. The molecule has 3 aromatic heterocycles. The Morgan fingerprint density at radius 1 is 0.857 bits per heavy atom. The van der Waals surface area contributed by atoms with E-state index in [1.54, 1.807) is 22.7 Å². The molecule has 1 saturated heterocycles. The van der Waals surface area contributed by atoms with Crippen LogP contribution in [0.2, 0.25) is 0 Å². The van der Waals surface area contributed by atoms with Crippen molar-refractivity contribution in [3.63, 3.8) is 0 Å². The highest BCUT2D eigenvalue weighted by molar-refractivity contribution is 7.08. The quantitative estimate of drug-likeness (QED) is 0.734. The molecule has 0 unspecified atom stereocenters. The summed E-state index contributed by atoms with van der Waals surface area (Å²) in [7, 11) is 0. The van der Waals surface area contributed by atoms with Crippen molar-refractivity contribution >= 4 is 28.6 Å². The molecule has 0 atom stereocenters. The van der Waals surface area contributed by atoms with E-state index >= 15 is 0 Å². The predicted molar refractivity (Wildman–Crippen MR) is 87.9 cm³/mol. The van der Waals surface area contributed by atoms with Gasteiger partial charge in [-0.1, -0.05) is 0 Å². The molecular weight excluding hydrogens is 300 g/mol. The summed E-state index contributed by atoms with van der Waals surface area (Å²) in [5.41, 5.74) is 4.02. The zero-order valence-electron chi connectivity index (χ0n) is 11.4. The van der Waals surface area contributed by atoms with E-state index in [1.165, 1.54) is 12.8 Å². The zero-order valence-corrected chi connectivity index (χ0v) is 13.0. The van der Waals surface area contributed by atoms with Gasteiger partial charge in [-0.15, -0.1) is 10.2 Å². The lowest BCUT2D eigenvalue weighted by Gasteiger charge is -2.15. The standard InChI is InChI=1S/C15H14N4S2/c1-2-6-19(5-1)15-16-13(11-3-7-20-9-11)14(17-18-15)12-4-8-21-10-12/h3-4,7-10H,1-2,5-6H2. The van der Waals surface area contributed by atoms with Crippen molar-refractivity contribution in [1.29, 1.82) is 0 Å². The Kier molecular flexibility index (Phi) is 3.40. The molecule has 0 N–H and O–H groups in total. The van der Waals surface area contributed by atoms with Crippen molar-refractivity contribution in [2.45, 2.75) is 12.8 Å². The number of hydrogen-bond donors (Lipinski definition) is 0. The van der Waals surface area contributed by atoms with Crippen molar-refractivity contribution in [3.8, 4) is 22.5 Å². The Morgan fingerprint density at radius 3 is 2.14 bits per heavy atom. The molecule has 1 fully saturated rings. The molecule has 0 saturated carbocycles. The molecule has 1 aliphatic rings. The average Bonchev–Trinajstić information content (AvgIpc) is 3.28. The molecule has 4 nitrogen and oxygen atoms in total. The van der Waals surface area contributed by atoms with E-state index < -0.39 is 0 Å². The van der Waals surface area contributed by atoms with Crippen LogP contribution in [0.5, 0.6) is 0 Å². The van der Waals surface area contributed by atoms with Crippen molar-refractivity contribution in [1.82, 2.24) is 15.2 Å². The van der Waals surface area contributed by atoms with E-state index in [0.29, 0.717) is 0 Å². The summed E-state index contributed by atoms with van der Waals surface area (Å²) < 4.78 is 0. The Labute approximate surface area is 131 Å². The Hall–Kier alpha value is -1.79. The van der Waals surface area contributed by atoms with Crippen LogP contribution in [0.25, 0.3) is 22.5 Å². The fraction of sp³-hybridized carbons (Fsp3) is 0.267. The number of thiophene rings is 2. The second kappa shape index (κ2) is 5.54. The maximum absolute atomic E-state index is 4.82. The zero-order chi connectivity index (χ0) is 14.1.